The zero-order chi connectivity index (χ0) is 25.2. The summed E-state index contributed by atoms with van der Waals surface area (Å²) in [6, 6.07) is 15.5. The standard InChI is InChI=1S/C30H39N3O3/c1-2-23-22-27(25(23)15-19-31-20-21-33-28(34)26-14-8-11-18-32-26)36-29(35)30(16-9-3-4-10-17-30)24-12-6-5-7-13-24/h2,5-8,11-14,18,23,25,27,31H,1,3-4,9-10,15-17,19-22H2,(H,33,34)/t23?,25?,27-/m0/s1. The van der Waals surface area contributed by atoms with Crippen LogP contribution in [0.15, 0.2) is 67.4 Å². The number of rotatable bonds is 11. The molecule has 2 aliphatic rings. The highest BCUT2D eigenvalue weighted by atomic mass is 16.5. The number of hydrogen-bond acceptors (Lipinski definition) is 5. The van der Waals surface area contributed by atoms with Crippen molar-refractivity contribution < 1.29 is 14.3 Å². The molecule has 1 heterocycles. The fraction of sp³-hybridized carbons (Fsp3) is 0.500. The lowest BCUT2D eigenvalue weighted by Crippen LogP contribution is -2.48. The van der Waals surface area contributed by atoms with Gasteiger partial charge in [0.2, 0.25) is 0 Å². The molecule has 0 spiro atoms. The molecule has 192 valence electrons. The Bertz CT molecular complexity index is 987. The molecule has 0 bridgehead atoms. The summed E-state index contributed by atoms with van der Waals surface area (Å²) < 4.78 is 6.26. The zero-order valence-electron chi connectivity index (χ0n) is 21.2. The van der Waals surface area contributed by atoms with Crippen molar-refractivity contribution in [3.63, 3.8) is 0 Å². The SMILES string of the molecule is C=CC1C[C@H](OC(=O)C2(c3ccccc3)CCCCCC2)C1CCNCCNC(=O)c1ccccn1. The van der Waals surface area contributed by atoms with Gasteiger partial charge < -0.3 is 15.4 Å². The molecule has 1 amide bonds. The molecule has 2 aromatic rings. The number of allylic oxidation sites excluding steroid dienone is 1. The summed E-state index contributed by atoms with van der Waals surface area (Å²) in [6.07, 6.45) is 11.5. The molecule has 3 atom stereocenters. The van der Waals surface area contributed by atoms with Crippen LogP contribution in [0.5, 0.6) is 0 Å². The maximum Gasteiger partial charge on any atom is 0.316 e. The summed E-state index contributed by atoms with van der Waals surface area (Å²) in [5.74, 6) is 0.440. The Kier molecular flexibility index (Phi) is 9.29. The van der Waals surface area contributed by atoms with E-state index in [9.17, 15) is 9.59 Å². The molecule has 1 aromatic carbocycles. The number of ether oxygens (including phenoxy) is 1. The number of esters is 1. The van der Waals surface area contributed by atoms with E-state index in [4.69, 9.17) is 4.74 Å². The van der Waals surface area contributed by atoms with Gasteiger partial charge in [0.25, 0.3) is 5.91 Å². The van der Waals surface area contributed by atoms with E-state index < -0.39 is 5.41 Å². The van der Waals surface area contributed by atoms with Gasteiger partial charge in [-0.2, -0.15) is 0 Å². The Morgan fingerprint density at radius 2 is 1.75 bits per heavy atom. The Hall–Kier alpha value is -2.99. The van der Waals surface area contributed by atoms with E-state index in [2.05, 4.69) is 34.3 Å². The van der Waals surface area contributed by atoms with Crippen LogP contribution >= 0.6 is 0 Å². The molecule has 2 aliphatic carbocycles. The van der Waals surface area contributed by atoms with Crippen molar-refractivity contribution in [2.75, 3.05) is 19.6 Å². The van der Waals surface area contributed by atoms with Crippen molar-refractivity contribution in [1.29, 1.82) is 0 Å². The highest BCUT2D eigenvalue weighted by molar-refractivity contribution is 5.92. The summed E-state index contributed by atoms with van der Waals surface area (Å²) in [7, 11) is 0. The number of benzene rings is 1. The molecular formula is C30H39N3O3. The zero-order valence-corrected chi connectivity index (χ0v) is 21.2. The monoisotopic (exact) mass is 489 g/mol. The minimum Gasteiger partial charge on any atom is -0.461 e. The van der Waals surface area contributed by atoms with Gasteiger partial charge in [0.15, 0.2) is 0 Å². The van der Waals surface area contributed by atoms with Gasteiger partial charge in [-0.3, -0.25) is 14.6 Å². The average molecular weight is 490 g/mol. The van der Waals surface area contributed by atoms with Gasteiger partial charge in [0.1, 0.15) is 11.8 Å². The molecule has 0 saturated heterocycles. The van der Waals surface area contributed by atoms with E-state index in [0.29, 0.717) is 24.7 Å². The molecule has 2 unspecified atom stereocenters. The number of nitrogens with one attached hydrogen (secondary N) is 2. The number of carbonyl (C=O) groups is 2. The van der Waals surface area contributed by atoms with Crippen LogP contribution in [0, 0.1) is 11.8 Å². The predicted octanol–water partition coefficient (Wildman–Crippen LogP) is 4.82. The highest BCUT2D eigenvalue weighted by Gasteiger charge is 2.47. The van der Waals surface area contributed by atoms with E-state index in [1.807, 2.05) is 24.3 Å². The molecule has 0 radical (unpaired) electrons. The molecule has 4 rings (SSSR count). The topological polar surface area (TPSA) is 80.3 Å². The fourth-order valence-electron chi connectivity index (χ4n) is 5.70. The van der Waals surface area contributed by atoms with E-state index in [1.54, 1.807) is 24.4 Å². The molecule has 6 heteroatoms. The van der Waals surface area contributed by atoms with Crippen molar-refractivity contribution >= 4 is 11.9 Å². The van der Waals surface area contributed by atoms with Gasteiger partial charge in [-0.05, 0) is 55.8 Å². The van der Waals surface area contributed by atoms with Crippen LogP contribution in [0.1, 0.15) is 67.4 Å². The van der Waals surface area contributed by atoms with Crippen LogP contribution < -0.4 is 10.6 Å². The number of nitrogens with zero attached hydrogens (tertiary/aromatic N) is 1. The summed E-state index contributed by atoms with van der Waals surface area (Å²) in [5.41, 5.74) is 1.00. The highest BCUT2D eigenvalue weighted by Crippen LogP contribution is 2.44. The smallest absolute Gasteiger partial charge is 0.316 e. The molecule has 1 aromatic heterocycles. The largest absolute Gasteiger partial charge is 0.461 e. The Morgan fingerprint density at radius 3 is 2.44 bits per heavy atom. The molecule has 36 heavy (non-hydrogen) atoms. The second kappa shape index (κ2) is 12.8. The van der Waals surface area contributed by atoms with E-state index >= 15 is 0 Å². The number of pyridine rings is 1. The number of amides is 1. The molecule has 2 fully saturated rings. The van der Waals surface area contributed by atoms with Crippen LogP contribution in [0.25, 0.3) is 0 Å². The predicted molar refractivity (Wildman–Crippen MR) is 142 cm³/mol. The van der Waals surface area contributed by atoms with Crippen LogP contribution in [0.3, 0.4) is 0 Å². The van der Waals surface area contributed by atoms with Gasteiger partial charge in [0.05, 0.1) is 5.41 Å². The summed E-state index contributed by atoms with van der Waals surface area (Å²) in [5, 5.41) is 6.29. The molecule has 2 N–H and O–H groups in total. The van der Waals surface area contributed by atoms with E-state index in [-0.39, 0.29) is 23.9 Å². The van der Waals surface area contributed by atoms with Gasteiger partial charge >= 0.3 is 5.97 Å². The van der Waals surface area contributed by atoms with Gasteiger partial charge in [0, 0.05) is 25.2 Å². The first-order valence-corrected chi connectivity index (χ1v) is 13.4. The Balaban J connectivity index is 1.27. The number of carbonyl (C=O) groups excluding carboxylic acids is 2. The second-order valence-corrected chi connectivity index (χ2v) is 10.1. The third-order valence-electron chi connectivity index (χ3n) is 7.91. The minimum absolute atomic E-state index is 0.0432. The van der Waals surface area contributed by atoms with Crippen LogP contribution in [0.4, 0.5) is 0 Å². The first-order chi connectivity index (χ1) is 17.6. The fourth-order valence-corrected chi connectivity index (χ4v) is 5.70. The van der Waals surface area contributed by atoms with Crippen molar-refractivity contribution in [3.8, 4) is 0 Å². The Morgan fingerprint density at radius 1 is 1.00 bits per heavy atom. The third-order valence-corrected chi connectivity index (χ3v) is 7.91. The van der Waals surface area contributed by atoms with Gasteiger partial charge in [-0.15, -0.1) is 6.58 Å². The van der Waals surface area contributed by atoms with Crippen LogP contribution in [0.2, 0.25) is 0 Å². The van der Waals surface area contributed by atoms with Gasteiger partial charge in [-0.25, -0.2) is 0 Å². The molecule has 0 aliphatic heterocycles. The van der Waals surface area contributed by atoms with Crippen LogP contribution in [-0.2, 0) is 14.9 Å². The quantitative estimate of drug-likeness (QED) is 0.205. The molecule has 2 saturated carbocycles. The maximum absolute atomic E-state index is 13.7. The van der Waals surface area contributed by atoms with Crippen molar-refractivity contribution in [2.24, 2.45) is 11.8 Å². The second-order valence-electron chi connectivity index (χ2n) is 10.1. The van der Waals surface area contributed by atoms with Crippen LogP contribution in [-0.4, -0.2) is 42.6 Å². The van der Waals surface area contributed by atoms with E-state index in [0.717, 1.165) is 50.6 Å². The Labute approximate surface area is 214 Å². The van der Waals surface area contributed by atoms with E-state index in [1.165, 1.54) is 12.8 Å². The molecular weight excluding hydrogens is 450 g/mol. The lowest BCUT2D eigenvalue weighted by atomic mass is 9.68. The first kappa shape index (κ1) is 26.1. The lowest BCUT2D eigenvalue weighted by Gasteiger charge is -2.44. The summed E-state index contributed by atoms with van der Waals surface area (Å²) in [6.45, 7) is 6.00. The molecule has 6 nitrogen and oxygen atoms in total. The van der Waals surface area contributed by atoms with Gasteiger partial charge in [-0.1, -0.05) is 68.2 Å². The summed E-state index contributed by atoms with van der Waals surface area (Å²) in [4.78, 5) is 29.9. The van der Waals surface area contributed by atoms with Crippen molar-refractivity contribution in [3.05, 3.63) is 78.6 Å². The number of hydrogen-bond donors (Lipinski definition) is 2. The third kappa shape index (κ3) is 6.22. The minimum atomic E-state index is -0.522. The maximum atomic E-state index is 13.7. The first-order valence-electron chi connectivity index (χ1n) is 13.4. The summed E-state index contributed by atoms with van der Waals surface area (Å²) >= 11 is 0. The van der Waals surface area contributed by atoms with Crippen molar-refractivity contribution in [1.82, 2.24) is 15.6 Å². The average Bonchev–Trinajstić information content (AvgIpc) is 3.18. The normalized spacial score (nSPS) is 23.1. The van der Waals surface area contributed by atoms with Crippen molar-refractivity contribution in [2.45, 2.75) is 62.9 Å². The lowest BCUT2D eigenvalue weighted by molar-refractivity contribution is -0.169. The number of aromatic nitrogens is 1.